The number of hydrogen-bond donors (Lipinski definition) is 1. The minimum atomic E-state index is -0.393. The summed E-state index contributed by atoms with van der Waals surface area (Å²) >= 11 is 1.57. The molecule has 0 saturated carbocycles. The van der Waals surface area contributed by atoms with Crippen LogP contribution < -0.4 is 0 Å². The maximum absolute atomic E-state index is 11.0. The van der Waals surface area contributed by atoms with Crippen molar-refractivity contribution in [2.75, 3.05) is 6.61 Å². The van der Waals surface area contributed by atoms with E-state index in [1.807, 2.05) is 6.92 Å². The number of aliphatic hydroxyl groups is 1. The van der Waals surface area contributed by atoms with Gasteiger partial charge in [-0.3, -0.25) is 15.1 Å². The average molecular weight is 278 g/mol. The highest BCUT2D eigenvalue weighted by Crippen LogP contribution is 2.34. The van der Waals surface area contributed by atoms with Crippen molar-refractivity contribution in [2.45, 2.75) is 23.5 Å². The highest BCUT2D eigenvalue weighted by atomic mass is 32.2. The fourth-order valence-corrected chi connectivity index (χ4v) is 2.92. The lowest BCUT2D eigenvalue weighted by Gasteiger charge is -2.11. The van der Waals surface area contributed by atoms with Crippen LogP contribution in [0.4, 0.5) is 5.69 Å². The normalized spacial score (nSPS) is 12.5. The average Bonchev–Trinajstić information content (AvgIpc) is 2.39. The largest absolute Gasteiger partial charge is 0.396 e. The van der Waals surface area contributed by atoms with Gasteiger partial charge < -0.3 is 5.11 Å². The van der Waals surface area contributed by atoms with Crippen LogP contribution in [0.3, 0.4) is 0 Å². The fourth-order valence-electron chi connectivity index (χ4n) is 1.84. The molecule has 0 saturated heterocycles. The molecule has 1 unspecified atom stereocenters. The third-order valence-electron chi connectivity index (χ3n) is 2.77. The van der Waals surface area contributed by atoms with Gasteiger partial charge >= 0.3 is 0 Å². The molecule has 0 radical (unpaired) electrons. The summed E-state index contributed by atoms with van der Waals surface area (Å²) in [4.78, 5) is 15.7. The molecule has 2 aromatic rings. The molecule has 0 aliphatic heterocycles. The molecular weight excluding hydrogens is 264 g/mol. The van der Waals surface area contributed by atoms with Crippen LogP contribution in [-0.2, 0) is 0 Å². The van der Waals surface area contributed by atoms with Gasteiger partial charge in [0.05, 0.1) is 15.8 Å². The zero-order valence-corrected chi connectivity index (χ0v) is 11.3. The highest BCUT2D eigenvalue weighted by molar-refractivity contribution is 8.00. The summed E-state index contributed by atoms with van der Waals surface area (Å²) in [6.07, 6.45) is 2.31. The van der Waals surface area contributed by atoms with E-state index in [-0.39, 0.29) is 17.5 Å². The predicted molar refractivity (Wildman–Crippen MR) is 75.4 cm³/mol. The first-order chi connectivity index (χ1) is 9.13. The molecule has 0 aliphatic carbocycles. The number of aliphatic hydroxyl groups excluding tert-OH is 1. The Bertz CT molecular complexity index is 603. The van der Waals surface area contributed by atoms with E-state index in [1.165, 1.54) is 6.07 Å². The molecule has 1 aromatic carbocycles. The van der Waals surface area contributed by atoms with Crippen LogP contribution in [0.1, 0.15) is 13.3 Å². The molecule has 0 aliphatic rings. The van der Waals surface area contributed by atoms with Crippen molar-refractivity contribution in [2.24, 2.45) is 0 Å². The van der Waals surface area contributed by atoms with E-state index in [1.54, 1.807) is 36.2 Å². The van der Waals surface area contributed by atoms with Crippen LogP contribution in [0.2, 0.25) is 0 Å². The summed E-state index contributed by atoms with van der Waals surface area (Å²) in [6.45, 7) is 2.14. The van der Waals surface area contributed by atoms with Crippen LogP contribution in [0.25, 0.3) is 10.9 Å². The Balaban J connectivity index is 2.46. The van der Waals surface area contributed by atoms with Crippen LogP contribution >= 0.6 is 11.8 Å². The van der Waals surface area contributed by atoms with E-state index < -0.39 is 4.92 Å². The summed E-state index contributed by atoms with van der Waals surface area (Å²) in [7, 11) is 0. The van der Waals surface area contributed by atoms with Gasteiger partial charge in [0.15, 0.2) is 0 Å². The molecule has 19 heavy (non-hydrogen) atoms. The number of non-ortho nitro benzene ring substituents is 1. The first-order valence-electron chi connectivity index (χ1n) is 5.93. The van der Waals surface area contributed by atoms with Gasteiger partial charge in [0.2, 0.25) is 0 Å². The van der Waals surface area contributed by atoms with Gasteiger partial charge in [0.1, 0.15) is 0 Å². The summed E-state index contributed by atoms with van der Waals surface area (Å²) < 4.78 is 0. The lowest BCUT2D eigenvalue weighted by molar-refractivity contribution is -0.383. The number of thioether (sulfide) groups is 1. The number of nitro benzene ring substituents is 1. The molecule has 5 nitrogen and oxygen atoms in total. The summed E-state index contributed by atoms with van der Waals surface area (Å²) in [5.41, 5.74) is 0.716. The maximum atomic E-state index is 11.0. The fraction of sp³-hybridized carbons (Fsp3) is 0.308. The van der Waals surface area contributed by atoms with Gasteiger partial charge in [-0.25, -0.2) is 0 Å². The Morgan fingerprint density at radius 3 is 2.95 bits per heavy atom. The lowest BCUT2D eigenvalue weighted by atomic mass is 10.2. The number of aromatic nitrogens is 1. The van der Waals surface area contributed by atoms with Crippen LogP contribution in [0, 0.1) is 10.1 Å². The van der Waals surface area contributed by atoms with Crippen molar-refractivity contribution < 1.29 is 10.0 Å². The van der Waals surface area contributed by atoms with Gasteiger partial charge in [0, 0.05) is 29.0 Å². The van der Waals surface area contributed by atoms with E-state index in [2.05, 4.69) is 4.98 Å². The molecule has 1 aromatic heterocycles. The van der Waals surface area contributed by atoms with Crippen molar-refractivity contribution in [3.05, 3.63) is 40.6 Å². The first kappa shape index (κ1) is 13.8. The summed E-state index contributed by atoms with van der Waals surface area (Å²) in [6, 6.07) is 6.65. The predicted octanol–water partition coefficient (Wildman–Crippen LogP) is 3.01. The molecule has 0 bridgehead atoms. The van der Waals surface area contributed by atoms with Crippen molar-refractivity contribution in [1.82, 2.24) is 4.98 Å². The number of nitro groups is 1. The molecule has 1 N–H and O–H groups in total. The van der Waals surface area contributed by atoms with Crippen LogP contribution in [-0.4, -0.2) is 26.9 Å². The summed E-state index contributed by atoms with van der Waals surface area (Å²) in [5.74, 6) is 0. The topological polar surface area (TPSA) is 76.3 Å². The van der Waals surface area contributed by atoms with Crippen molar-refractivity contribution >= 4 is 28.4 Å². The van der Waals surface area contributed by atoms with Crippen LogP contribution in [0.5, 0.6) is 0 Å². The van der Waals surface area contributed by atoms with Crippen molar-refractivity contribution in [3.8, 4) is 0 Å². The molecule has 0 spiro atoms. The standard InChI is InChI=1S/C13H14N2O3S/c1-9(6-8-16)19-12-5-4-11(15(17)18)10-3-2-7-14-13(10)12/h2-5,7,9,16H,6,8H2,1H3. The van der Waals surface area contributed by atoms with Crippen LogP contribution in [0.15, 0.2) is 35.4 Å². The Morgan fingerprint density at radius 2 is 2.26 bits per heavy atom. The smallest absolute Gasteiger partial charge is 0.278 e. The second kappa shape index (κ2) is 5.99. The Morgan fingerprint density at radius 1 is 1.47 bits per heavy atom. The van der Waals surface area contributed by atoms with Gasteiger partial charge in [-0.05, 0) is 24.6 Å². The van der Waals surface area contributed by atoms with E-state index in [9.17, 15) is 10.1 Å². The number of fused-ring (bicyclic) bond motifs is 1. The van der Waals surface area contributed by atoms with E-state index in [0.29, 0.717) is 17.3 Å². The molecule has 0 fully saturated rings. The molecule has 2 rings (SSSR count). The number of pyridine rings is 1. The first-order valence-corrected chi connectivity index (χ1v) is 6.81. The second-order valence-electron chi connectivity index (χ2n) is 4.18. The van der Waals surface area contributed by atoms with Crippen molar-refractivity contribution in [3.63, 3.8) is 0 Å². The van der Waals surface area contributed by atoms with Gasteiger partial charge in [-0.2, -0.15) is 0 Å². The Hall–Kier alpha value is -1.66. The number of hydrogen-bond acceptors (Lipinski definition) is 5. The Labute approximate surface area is 114 Å². The third-order valence-corrected chi connectivity index (χ3v) is 3.99. The molecule has 1 heterocycles. The second-order valence-corrected chi connectivity index (χ2v) is 5.66. The van der Waals surface area contributed by atoms with Gasteiger partial charge in [0.25, 0.3) is 5.69 Å². The third kappa shape index (κ3) is 3.02. The molecule has 6 heteroatoms. The SMILES string of the molecule is CC(CCO)Sc1ccc([N+](=O)[O-])c2cccnc12. The molecular formula is C13H14N2O3S. The van der Waals surface area contributed by atoms with E-state index in [4.69, 9.17) is 5.11 Å². The minimum Gasteiger partial charge on any atom is -0.396 e. The van der Waals surface area contributed by atoms with E-state index >= 15 is 0 Å². The minimum absolute atomic E-state index is 0.0715. The molecule has 100 valence electrons. The number of rotatable bonds is 5. The van der Waals surface area contributed by atoms with Gasteiger partial charge in [-0.1, -0.05) is 6.92 Å². The lowest BCUT2D eigenvalue weighted by Crippen LogP contribution is -2.00. The number of nitrogens with zero attached hydrogens (tertiary/aromatic N) is 2. The highest BCUT2D eigenvalue weighted by Gasteiger charge is 2.16. The monoisotopic (exact) mass is 278 g/mol. The Kier molecular flexibility index (Phi) is 4.34. The molecule has 1 atom stereocenters. The number of benzene rings is 1. The van der Waals surface area contributed by atoms with E-state index in [0.717, 1.165) is 4.90 Å². The molecule has 0 amide bonds. The van der Waals surface area contributed by atoms with Crippen molar-refractivity contribution in [1.29, 1.82) is 0 Å². The summed E-state index contributed by atoms with van der Waals surface area (Å²) in [5, 5.41) is 20.7. The maximum Gasteiger partial charge on any atom is 0.278 e. The quantitative estimate of drug-likeness (QED) is 0.517. The zero-order valence-electron chi connectivity index (χ0n) is 10.4. The van der Waals surface area contributed by atoms with Gasteiger partial charge in [-0.15, -0.1) is 11.8 Å². The zero-order chi connectivity index (χ0) is 13.8.